The van der Waals surface area contributed by atoms with Crippen LogP contribution in [0.3, 0.4) is 0 Å². The van der Waals surface area contributed by atoms with E-state index in [0.717, 1.165) is 0 Å². The molecular formula is C10H6BrFN2O. The third kappa shape index (κ3) is 1.74. The largest absolute Gasteiger partial charge is 0.369 e. The zero-order valence-corrected chi connectivity index (χ0v) is 9.05. The van der Waals surface area contributed by atoms with E-state index >= 15 is 0 Å². The summed E-state index contributed by atoms with van der Waals surface area (Å²) in [6.45, 7) is 0. The summed E-state index contributed by atoms with van der Waals surface area (Å²) >= 11 is 3.16. The summed E-state index contributed by atoms with van der Waals surface area (Å²) in [4.78, 5) is 0. The van der Waals surface area contributed by atoms with E-state index in [9.17, 15) is 9.50 Å². The fourth-order valence-corrected chi connectivity index (χ4v) is 1.86. The highest BCUT2D eigenvalue weighted by Crippen LogP contribution is 2.31. The Labute approximate surface area is 94.0 Å². The van der Waals surface area contributed by atoms with Gasteiger partial charge in [-0.2, -0.15) is 5.26 Å². The van der Waals surface area contributed by atoms with Crippen molar-refractivity contribution in [1.29, 1.82) is 5.26 Å². The second kappa shape index (κ2) is 3.65. The van der Waals surface area contributed by atoms with Crippen LogP contribution in [-0.2, 0) is 0 Å². The number of nitrogens with zero attached hydrogens (tertiary/aromatic N) is 1. The van der Waals surface area contributed by atoms with Crippen LogP contribution in [-0.4, -0.2) is 11.3 Å². The van der Waals surface area contributed by atoms with Crippen molar-refractivity contribution in [1.82, 2.24) is 0 Å². The van der Waals surface area contributed by atoms with E-state index in [0.29, 0.717) is 10.0 Å². The summed E-state index contributed by atoms with van der Waals surface area (Å²) in [7, 11) is 0. The standard InChI is InChI=1S/C10H6BrFN2O/c11-7-2-5-1-6(4-13)10(15)14-9(5)8(12)3-7/h1-3,10,14-15H. The number of rotatable bonds is 0. The number of hydrogen-bond acceptors (Lipinski definition) is 3. The molecule has 0 fully saturated rings. The van der Waals surface area contributed by atoms with Crippen LogP contribution in [0.25, 0.3) is 6.08 Å². The van der Waals surface area contributed by atoms with E-state index in [1.165, 1.54) is 12.1 Å². The number of aliphatic hydroxyl groups is 1. The Morgan fingerprint density at radius 2 is 2.27 bits per heavy atom. The first-order chi connectivity index (χ1) is 7.11. The summed E-state index contributed by atoms with van der Waals surface area (Å²) in [6, 6.07) is 4.81. The number of aliphatic hydroxyl groups excluding tert-OH is 1. The number of nitriles is 1. The normalized spacial score (nSPS) is 18.5. The molecule has 1 aromatic rings. The molecule has 3 nitrogen and oxygen atoms in total. The lowest BCUT2D eigenvalue weighted by Gasteiger charge is -2.21. The molecule has 2 rings (SSSR count). The van der Waals surface area contributed by atoms with Gasteiger partial charge in [0.1, 0.15) is 5.82 Å². The molecule has 0 aromatic heterocycles. The van der Waals surface area contributed by atoms with Gasteiger partial charge in [0.05, 0.1) is 17.3 Å². The summed E-state index contributed by atoms with van der Waals surface area (Å²) in [5.41, 5.74) is 0.924. The van der Waals surface area contributed by atoms with Gasteiger partial charge in [-0.15, -0.1) is 0 Å². The van der Waals surface area contributed by atoms with Gasteiger partial charge in [-0.05, 0) is 18.2 Å². The van der Waals surface area contributed by atoms with Crippen LogP contribution >= 0.6 is 15.9 Å². The Hall–Kier alpha value is -1.38. The van der Waals surface area contributed by atoms with E-state index in [1.54, 1.807) is 6.07 Å². The molecule has 1 aromatic carbocycles. The number of benzene rings is 1. The van der Waals surface area contributed by atoms with Crippen LogP contribution in [0.2, 0.25) is 0 Å². The highest BCUT2D eigenvalue weighted by atomic mass is 79.9. The van der Waals surface area contributed by atoms with E-state index in [2.05, 4.69) is 21.2 Å². The van der Waals surface area contributed by atoms with Crippen molar-refractivity contribution in [3.63, 3.8) is 0 Å². The fourth-order valence-electron chi connectivity index (χ4n) is 1.41. The van der Waals surface area contributed by atoms with Crippen molar-refractivity contribution < 1.29 is 9.50 Å². The molecule has 76 valence electrons. The number of nitrogens with one attached hydrogen (secondary N) is 1. The molecule has 0 spiro atoms. The SMILES string of the molecule is N#CC1=Cc2cc(Br)cc(F)c2NC1O. The van der Waals surface area contributed by atoms with Crippen molar-refractivity contribution in [2.24, 2.45) is 0 Å². The van der Waals surface area contributed by atoms with Gasteiger partial charge >= 0.3 is 0 Å². The summed E-state index contributed by atoms with van der Waals surface area (Å²) in [6.07, 6.45) is 0.322. The third-order valence-electron chi connectivity index (χ3n) is 2.10. The molecule has 0 saturated carbocycles. The monoisotopic (exact) mass is 268 g/mol. The fraction of sp³-hybridized carbons (Fsp3) is 0.100. The summed E-state index contributed by atoms with van der Waals surface area (Å²) < 4.78 is 14.0. The van der Waals surface area contributed by atoms with Gasteiger partial charge in [-0.1, -0.05) is 15.9 Å². The number of hydrogen-bond donors (Lipinski definition) is 2. The average molecular weight is 269 g/mol. The molecular weight excluding hydrogens is 263 g/mol. The molecule has 0 saturated heterocycles. The zero-order valence-electron chi connectivity index (χ0n) is 7.46. The van der Waals surface area contributed by atoms with Crippen LogP contribution < -0.4 is 5.32 Å². The average Bonchev–Trinajstić information content (AvgIpc) is 2.18. The van der Waals surface area contributed by atoms with Crippen LogP contribution in [0.15, 0.2) is 22.2 Å². The minimum absolute atomic E-state index is 0.167. The molecule has 0 aliphatic carbocycles. The summed E-state index contributed by atoms with van der Waals surface area (Å²) in [5.74, 6) is -0.466. The molecule has 0 radical (unpaired) electrons. The summed E-state index contributed by atoms with van der Waals surface area (Å²) in [5, 5.41) is 20.7. The molecule has 15 heavy (non-hydrogen) atoms. The van der Waals surface area contributed by atoms with Crippen molar-refractivity contribution in [2.45, 2.75) is 6.23 Å². The number of anilines is 1. The van der Waals surface area contributed by atoms with Gasteiger partial charge in [-0.25, -0.2) is 4.39 Å². The van der Waals surface area contributed by atoms with Crippen LogP contribution in [0.4, 0.5) is 10.1 Å². The van der Waals surface area contributed by atoms with E-state index in [4.69, 9.17) is 5.26 Å². The minimum atomic E-state index is -1.14. The van der Waals surface area contributed by atoms with Crippen molar-refractivity contribution in [3.8, 4) is 6.07 Å². The molecule has 1 heterocycles. The zero-order chi connectivity index (χ0) is 11.0. The maximum Gasteiger partial charge on any atom is 0.160 e. The maximum absolute atomic E-state index is 13.4. The Morgan fingerprint density at radius 3 is 2.93 bits per heavy atom. The Morgan fingerprint density at radius 1 is 1.53 bits per heavy atom. The molecule has 2 N–H and O–H groups in total. The molecule has 1 unspecified atom stereocenters. The van der Waals surface area contributed by atoms with Crippen molar-refractivity contribution in [2.75, 3.05) is 5.32 Å². The highest BCUT2D eigenvalue weighted by Gasteiger charge is 2.21. The van der Waals surface area contributed by atoms with Gasteiger partial charge in [-0.3, -0.25) is 0 Å². The first-order valence-electron chi connectivity index (χ1n) is 4.17. The Kier molecular flexibility index (Phi) is 2.47. The molecule has 1 atom stereocenters. The lowest BCUT2D eigenvalue weighted by atomic mass is 10.0. The van der Waals surface area contributed by atoms with Crippen LogP contribution in [0.5, 0.6) is 0 Å². The predicted molar refractivity (Wildman–Crippen MR) is 57.3 cm³/mol. The Balaban J connectivity index is 2.61. The van der Waals surface area contributed by atoms with Gasteiger partial charge < -0.3 is 10.4 Å². The topological polar surface area (TPSA) is 56.0 Å². The quantitative estimate of drug-likeness (QED) is 0.759. The van der Waals surface area contributed by atoms with E-state index in [-0.39, 0.29) is 11.3 Å². The van der Waals surface area contributed by atoms with Crippen LogP contribution in [0.1, 0.15) is 5.56 Å². The minimum Gasteiger partial charge on any atom is -0.369 e. The van der Waals surface area contributed by atoms with Crippen molar-refractivity contribution >= 4 is 27.7 Å². The molecule has 5 heteroatoms. The maximum atomic E-state index is 13.4. The van der Waals surface area contributed by atoms with Gasteiger partial charge in [0.25, 0.3) is 0 Å². The van der Waals surface area contributed by atoms with Crippen molar-refractivity contribution in [3.05, 3.63) is 33.6 Å². The van der Waals surface area contributed by atoms with Crippen LogP contribution in [0, 0.1) is 17.1 Å². The molecule has 0 amide bonds. The first kappa shape index (κ1) is 10.1. The lowest BCUT2D eigenvalue weighted by molar-refractivity contribution is 0.244. The molecule has 0 bridgehead atoms. The molecule has 1 aliphatic heterocycles. The van der Waals surface area contributed by atoms with E-state index < -0.39 is 12.0 Å². The Bertz CT molecular complexity index is 493. The van der Waals surface area contributed by atoms with Gasteiger partial charge in [0, 0.05) is 10.0 Å². The third-order valence-corrected chi connectivity index (χ3v) is 2.56. The number of fused-ring (bicyclic) bond motifs is 1. The smallest absolute Gasteiger partial charge is 0.160 e. The van der Waals surface area contributed by atoms with Gasteiger partial charge in [0.15, 0.2) is 6.23 Å². The van der Waals surface area contributed by atoms with E-state index in [1.807, 2.05) is 6.07 Å². The first-order valence-corrected chi connectivity index (χ1v) is 4.96. The second-order valence-corrected chi connectivity index (χ2v) is 4.03. The second-order valence-electron chi connectivity index (χ2n) is 3.11. The molecule has 1 aliphatic rings. The van der Waals surface area contributed by atoms with Gasteiger partial charge in [0.2, 0.25) is 0 Å². The number of halogens is 2. The lowest BCUT2D eigenvalue weighted by Crippen LogP contribution is -2.24. The highest BCUT2D eigenvalue weighted by molar-refractivity contribution is 9.10. The predicted octanol–water partition coefficient (Wildman–Crippen LogP) is 2.24.